The van der Waals surface area contributed by atoms with Gasteiger partial charge < -0.3 is 10.1 Å². The first-order valence-electron chi connectivity index (χ1n) is 5.13. The van der Waals surface area contributed by atoms with Gasteiger partial charge in [-0.15, -0.1) is 0 Å². The van der Waals surface area contributed by atoms with Crippen molar-refractivity contribution in [2.24, 2.45) is 0 Å². The minimum Gasteiger partial charge on any atom is -0.358 e. The van der Waals surface area contributed by atoms with Gasteiger partial charge in [-0.25, -0.2) is 0 Å². The first-order chi connectivity index (χ1) is 9.16. The highest BCUT2D eigenvalue weighted by molar-refractivity contribution is 6.32. The number of aromatic nitrogens is 5. The number of halogens is 1. The van der Waals surface area contributed by atoms with Crippen molar-refractivity contribution in [2.45, 2.75) is 0 Å². The summed E-state index contributed by atoms with van der Waals surface area (Å²) in [5.74, 6) is -0.132. The van der Waals surface area contributed by atoms with E-state index in [0.717, 1.165) is 10.7 Å². The molecule has 0 saturated heterocycles. The molecule has 0 amide bonds. The van der Waals surface area contributed by atoms with Gasteiger partial charge in [0.15, 0.2) is 0 Å². The van der Waals surface area contributed by atoms with Crippen LogP contribution in [0.1, 0.15) is 0 Å². The lowest BCUT2D eigenvalue weighted by molar-refractivity contribution is -0.391. The Balaban J connectivity index is 2.18. The topological polar surface area (TPSA) is 99.1 Å². The summed E-state index contributed by atoms with van der Waals surface area (Å²) in [5.41, 5.74) is 0.850. The van der Waals surface area contributed by atoms with Crippen LogP contribution < -0.4 is 0 Å². The van der Waals surface area contributed by atoms with Crippen LogP contribution >= 0.6 is 11.6 Å². The number of nitrogens with zero attached hydrogens (tertiary/aromatic N) is 6. The van der Waals surface area contributed by atoms with Crippen molar-refractivity contribution < 1.29 is 4.92 Å². The van der Waals surface area contributed by atoms with Crippen LogP contribution in [0, 0.1) is 10.1 Å². The van der Waals surface area contributed by atoms with Gasteiger partial charge in [0.1, 0.15) is 17.6 Å². The lowest BCUT2D eigenvalue weighted by atomic mass is 10.3. The van der Waals surface area contributed by atoms with Gasteiger partial charge >= 0.3 is 11.6 Å². The number of pyridine rings is 1. The second kappa shape index (κ2) is 4.25. The number of rotatable bonds is 2. The van der Waals surface area contributed by atoms with E-state index in [-0.39, 0.29) is 11.6 Å². The Hall–Kier alpha value is -2.61. The molecule has 0 aliphatic rings. The molecule has 0 aliphatic carbocycles. The summed E-state index contributed by atoms with van der Waals surface area (Å²) in [6.07, 6.45) is 4.02. The first kappa shape index (κ1) is 11.5. The summed E-state index contributed by atoms with van der Waals surface area (Å²) in [5, 5.41) is 15.1. The fraction of sp³-hybridized carbons (Fsp3) is 0. The van der Waals surface area contributed by atoms with Crippen LogP contribution in [-0.4, -0.2) is 29.5 Å². The highest BCUT2D eigenvalue weighted by atomic mass is 35.5. The fourth-order valence-electron chi connectivity index (χ4n) is 1.58. The van der Waals surface area contributed by atoms with E-state index in [0.29, 0.717) is 16.4 Å². The van der Waals surface area contributed by atoms with Crippen LogP contribution in [0.15, 0.2) is 30.7 Å². The summed E-state index contributed by atoms with van der Waals surface area (Å²) in [6, 6.07) is 3.36. The van der Waals surface area contributed by atoms with Crippen LogP contribution in [0.25, 0.3) is 17.2 Å². The van der Waals surface area contributed by atoms with Crippen molar-refractivity contribution >= 4 is 23.2 Å². The van der Waals surface area contributed by atoms with E-state index in [2.05, 4.69) is 20.1 Å². The van der Waals surface area contributed by atoms with Crippen molar-refractivity contribution in [2.75, 3.05) is 0 Å². The minimum absolute atomic E-state index is 0.117. The van der Waals surface area contributed by atoms with Crippen LogP contribution in [-0.2, 0) is 0 Å². The molecule has 3 aromatic rings. The summed E-state index contributed by atoms with van der Waals surface area (Å²) in [7, 11) is 0. The Morgan fingerprint density at radius 1 is 1.32 bits per heavy atom. The van der Waals surface area contributed by atoms with Crippen molar-refractivity contribution in [1.29, 1.82) is 0 Å². The number of nitro groups is 1. The Morgan fingerprint density at radius 2 is 2.16 bits per heavy atom. The third-order valence-corrected chi connectivity index (χ3v) is 2.71. The van der Waals surface area contributed by atoms with Crippen LogP contribution in [0.3, 0.4) is 0 Å². The quantitative estimate of drug-likeness (QED) is 0.522. The SMILES string of the molecule is O=[N+]([O-])c1cnc2nc(-c3ncccc3Cl)cnn12. The van der Waals surface area contributed by atoms with Crippen molar-refractivity contribution in [1.82, 2.24) is 24.6 Å². The van der Waals surface area contributed by atoms with Crippen LogP contribution in [0.2, 0.25) is 5.02 Å². The fourth-order valence-corrected chi connectivity index (χ4v) is 1.79. The molecule has 0 spiro atoms. The highest BCUT2D eigenvalue weighted by Crippen LogP contribution is 2.23. The zero-order valence-electron chi connectivity index (χ0n) is 9.26. The number of hydrogen-bond donors (Lipinski definition) is 0. The Labute approximate surface area is 110 Å². The molecule has 8 nitrogen and oxygen atoms in total. The van der Waals surface area contributed by atoms with Gasteiger partial charge in [-0.05, 0) is 17.1 Å². The van der Waals surface area contributed by atoms with E-state index in [1.54, 1.807) is 18.3 Å². The normalized spacial score (nSPS) is 10.8. The maximum absolute atomic E-state index is 10.7. The molecule has 19 heavy (non-hydrogen) atoms. The van der Waals surface area contributed by atoms with Crippen LogP contribution in [0.4, 0.5) is 5.82 Å². The van der Waals surface area contributed by atoms with E-state index in [1.807, 2.05) is 0 Å². The molecule has 0 fully saturated rings. The average Bonchev–Trinajstić information content (AvgIpc) is 2.82. The zero-order chi connectivity index (χ0) is 13.4. The predicted molar refractivity (Wildman–Crippen MR) is 65.7 cm³/mol. The molecule has 0 aromatic carbocycles. The molecule has 0 bridgehead atoms. The maximum atomic E-state index is 10.7. The molecule has 3 heterocycles. The standard InChI is InChI=1S/C10H5ClN6O2/c11-6-2-1-3-12-9(6)7-4-14-16-8(17(18)19)5-13-10(16)15-7/h1-5H. The van der Waals surface area contributed by atoms with Gasteiger partial charge in [-0.2, -0.15) is 9.97 Å². The molecule has 0 radical (unpaired) electrons. The van der Waals surface area contributed by atoms with Gasteiger partial charge in [0, 0.05) is 6.20 Å². The largest absolute Gasteiger partial charge is 0.370 e. The number of fused-ring (bicyclic) bond motifs is 1. The van der Waals surface area contributed by atoms with Crippen LogP contribution in [0.5, 0.6) is 0 Å². The Morgan fingerprint density at radius 3 is 2.89 bits per heavy atom. The first-order valence-corrected chi connectivity index (χ1v) is 5.50. The molecule has 0 atom stereocenters. The molecule has 0 aliphatic heterocycles. The molecule has 3 rings (SSSR count). The van der Waals surface area contributed by atoms with Gasteiger partial charge in [-0.1, -0.05) is 21.2 Å². The molecule has 9 heteroatoms. The molecular weight excluding hydrogens is 272 g/mol. The molecular formula is C10H5ClN6O2. The maximum Gasteiger partial charge on any atom is 0.370 e. The molecule has 94 valence electrons. The molecule has 0 N–H and O–H groups in total. The van der Waals surface area contributed by atoms with E-state index in [4.69, 9.17) is 11.6 Å². The van der Waals surface area contributed by atoms with Gasteiger partial charge in [0.2, 0.25) is 0 Å². The Bertz CT molecular complexity index is 787. The second-order valence-electron chi connectivity index (χ2n) is 3.56. The summed E-state index contributed by atoms with van der Waals surface area (Å²) in [6.45, 7) is 0. The number of imidazole rings is 1. The minimum atomic E-state index is -0.581. The summed E-state index contributed by atoms with van der Waals surface area (Å²) < 4.78 is 1.04. The lowest BCUT2D eigenvalue weighted by Gasteiger charge is -2.00. The monoisotopic (exact) mass is 276 g/mol. The highest BCUT2D eigenvalue weighted by Gasteiger charge is 2.18. The summed E-state index contributed by atoms with van der Waals surface area (Å²) >= 11 is 6.00. The smallest absolute Gasteiger partial charge is 0.358 e. The predicted octanol–water partition coefficient (Wildman–Crippen LogP) is 1.75. The van der Waals surface area contributed by atoms with E-state index >= 15 is 0 Å². The van der Waals surface area contributed by atoms with Crippen molar-refractivity contribution in [3.63, 3.8) is 0 Å². The molecule has 0 unspecified atom stereocenters. The van der Waals surface area contributed by atoms with Crippen molar-refractivity contribution in [3.05, 3.63) is 45.9 Å². The van der Waals surface area contributed by atoms with E-state index in [9.17, 15) is 10.1 Å². The zero-order valence-corrected chi connectivity index (χ0v) is 10.0. The molecule has 3 aromatic heterocycles. The third kappa shape index (κ3) is 1.87. The third-order valence-electron chi connectivity index (χ3n) is 2.41. The summed E-state index contributed by atoms with van der Waals surface area (Å²) in [4.78, 5) is 22.2. The molecule has 0 saturated carbocycles. The van der Waals surface area contributed by atoms with E-state index in [1.165, 1.54) is 6.20 Å². The van der Waals surface area contributed by atoms with E-state index < -0.39 is 4.92 Å². The second-order valence-corrected chi connectivity index (χ2v) is 3.97. The lowest BCUT2D eigenvalue weighted by Crippen LogP contribution is -2.01. The Kier molecular flexibility index (Phi) is 2.57. The van der Waals surface area contributed by atoms with Gasteiger partial charge in [0.25, 0.3) is 0 Å². The van der Waals surface area contributed by atoms with Gasteiger partial charge in [0.05, 0.1) is 11.2 Å². The average molecular weight is 277 g/mol. The van der Waals surface area contributed by atoms with Crippen molar-refractivity contribution in [3.8, 4) is 11.4 Å². The number of hydrogen-bond acceptors (Lipinski definition) is 6. The van der Waals surface area contributed by atoms with Gasteiger partial charge in [-0.3, -0.25) is 4.98 Å².